The van der Waals surface area contributed by atoms with E-state index in [0.29, 0.717) is 33.4 Å². The zero-order valence-electron chi connectivity index (χ0n) is 10.1. The van der Waals surface area contributed by atoms with Gasteiger partial charge < -0.3 is 9.73 Å². The van der Waals surface area contributed by atoms with Crippen molar-refractivity contribution in [2.45, 2.75) is 25.4 Å². The molecule has 0 amide bonds. The lowest BCUT2D eigenvalue weighted by atomic mass is 10.2. The summed E-state index contributed by atoms with van der Waals surface area (Å²) >= 11 is 9.39. The van der Waals surface area contributed by atoms with E-state index in [1.54, 1.807) is 0 Å². The summed E-state index contributed by atoms with van der Waals surface area (Å²) in [7, 11) is 0. The van der Waals surface area contributed by atoms with Crippen LogP contribution in [-0.4, -0.2) is 6.04 Å². The molecule has 1 N–H and O–H groups in total. The first-order chi connectivity index (χ1) is 9.13. The monoisotopic (exact) mass is 343 g/mol. The van der Waals surface area contributed by atoms with Gasteiger partial charge in [0.2, 0.25) is 0 Å². The summed E-state index contributed by atoms with van der Waals surface area (Å²) in [5.41, 5.74) is 0.681. The molecule has 1 aliphatic rings. The van der Waals surface area contributed by atoms with Gasteiger partial charge in [-0.15, -0.1) is 0 Å². The van der Waals surface area contributed by atoms with Gasteiger partial charge in [-0.2, -0.15) is 0 Å². The average molecular weight is 345 g/mol. The van der Waals surface area contributed by atoms with Gasteiger partial charge >= 0.3 is 0 Å². The van der Waals surface area contributed by atoms with Crippen LogP contribution in [0, 0.1) is 5.82 Å². The van der Waals surface area contributed by atoms with Crippen LogP contribution < -0.4 is 5.32 Å². The lowest BCUT2D eigenvalue weighted by Crippen LogP contribution is -2.14. The predicted octanol–water partition coefficient (Wildman–Crippen LogP) is 4.75. The van der Waals surface area contributed by atoms with Crippen LogP contribution in [0.4, 0.5) is 4.39 Å². The first-order valence-corrected chi connectivity index (χ1v) is 7.27. The number of hydrogen-bond donors (Lipinski definition) is 1. The summed E-state index contributed by atoms with van der Waals surface area (Å²) in [5, 5.41) is 3.71. The largest absolute Gasteiger partial charge is 0.460 e. The Labute approximate surface area is 124 Å². The van der Waals surface area contributed by atoms with Crippen molar-refractivity contribution in [3.05, 3.63) is 45.3 Å². The highest BCUT2D eigenvalue weighted by atomic mass is 79.9. The molecule has 0 atom stereocenters. The van der Waals surface area contributed by atoms with Gasteiger partial charge in [0.25, 0.3) is 0 Å². The van der Waals surface area contributed by atoms with Crippen LogP contribution in [-0.2, 0) is 6.54 Å². The molecule has 19 heavy (non-hydrogen) atoms. The number of furan rings is 1. The molecule has 1 heterocycles. The van der Waals surface area contributed by atoms with Gasteiger partial charge in [-0.1, -0.05) is 11.6 Å². The van der Waals surface area contributed by atoms with Crippen molar-refractivity contribution >= 4 is 27.5 Å². The van der Waals surface area contributed by atoms with Crippen molar-refractivity contribution in [3.8, 4) is 11.3 Å². The van der Waals surface area contributed by atoms with Gasteiger partial charge in [-0.3, -0.25) is 0 Å². The number of hydrogen-bond acceptors (Lipinski definition) is 2. The maximum Gasteiger partial charge on any atom is 0.136 e. The van der Waals surface area contributed by atoms with Crippen molar-refractivity contribution < 1.29 is 8.81 Å². The Balaban J connectivity index is 1.85. The Morgan fingerprint density at radius 3 is 2.84 bits per heavy atom. The highest BCUT2D eigenvalue weighted by Crippen LogP contribution is 2.36. The number of halogens is 3. The van der Waals surface area contributed by atoms with Crippen LogP contribution in [0.5, 0.6) is 0 Å². The molecular weight excluding hydrogens is 333 g/mol. The van der Waals surface area contributed by atoms with E-state index in [2.05, 4.69) is 21.2 Å². The van der Waals surface area contributed by atoms with Crippen molar-refractivity contribution in [3.63, 3.8) is 0 Å². The third kappa shape index (κ3) is 3.02. The Morgan fingerprint density at radius 2 is 2.16 bits per heavy atom. The third-order valence-electron chi connectivity index (χ3n) is 3.06. The second kappa shape index (κ2) is 5.27. The fraction of sp³-hybridized carbons (Fsp3) is 0.286. The lowest BCUT2D eigenvalue weighted by Gasteiger charge is -2.05. The highest BCUT2D eigenvalue weighted by Gasteiger charge is 2.21. The van der Waals surface area contributed by atoms with Gasteiger partial charge in [0.05, 0.1) is 17.1 Å². The van der Waals surface area contributed by atoms with Gasteiger partial charge in [0.15, 0.2) is 0 Å². The molecule has 1 aliphatic carbocycles. The topological polar surface area (TPSA) is 25.2 Å². The summed E-state index contributed by atoms with van der Waals surface area (Å²) in [6.07, 6.45) is 2.48. The standard InChI is InChI=1S/C14H12BrClFNO/c15-11-5-8(17)6-12(16)14(11)13-4-3-10(19-13)7-18-9-1-2-9/h3-6,9,18H,1-2,7H2. The molecule has 3 rings (SSSR count). The summed E-state index contributed by atoms with van der Waals surface area (Å²) in [6, 6.07) is 7.07. The van der Waals surface area contributed by atoms with Crippen molar-refractivity contribution in [2.24, 2.45) is 0 Å². The van der Waals surface area contributed by atoms with E-state index < -0.39 is 0 Å². The molecule has 2 aromatic rings. The molecule has 0 saturated heterocycles. The van der Waals surface area contributed by atoms with Crippen LogP contribution in [0.3, 0.4) is 0 Å². The van der Waals surface area contributed by atoms with E-state index in [1.807, 2.05) is 12.1 Å². The van der Waals surface area contributed by atoms with Crippen LogP contribution in [0.15, 0.2) is 33.2 Å². The van der Waals surface area contributed by atoms with E-state index in [-0.39, 0.29) is 5.82 Å². The van der Waals surface area contributed by atoms with E-state index in [9.17, 15) is 4.39 Å². The zero-order valence-corrected chi connectivity index (χ0v) is 12.4. The fourth-order valence-corrected chi connectivity index (χ4v) is 2.96. The predicted molar refractivity (Wildman–Crippen MR) is 76.7 cm³/mol. The van der Waals surface area contributed by atoms with E-state index >= 15 is 0 Å². The van der Waals surface area contributed by atoms with Crippen LogP contribution in [0.25, 0.3) is 11.3 Å². The second-order valence-corrected chi connectivity index (χ2v) is 5.93. The Morgan fingerprint density at radius 1 is 1.37 bits per heavy atom. The van der Waals surface area contributed by atoms with Gasteiger partial charge in [-0.05, 0) is 53.0 Å². The molecule has 1 fully saturated rings. The smallest absolute Gasteiger partial charge is 0.136 e. The molecule has 0 spiro atoms. The third-order valence-corrected chi connectivity index (χ3v) is 3.98. The first-order valence-electron chi connectivity index (χ1n) is 6.10. The van der Waals surface area contributed by atoms with Gasteiger partial charge in [0, 0.05) is 10.5 Å². The maximum atomic E-state index is 13.2. The maximum absolute atomic E-state index is 13.2. The molecule has 2 nitrogen and oxygen atoms in total. The van der Waals surface area contributed by atoms with E-state index in [4.69, 9.17) is 16.0 Å². The minimum absolute atomic E-state index is 0.336. The Kier molecular flexibility index (Phi) is 3.65. The highest BCUT2D eigenvalue weighted by molar-refractivity contribution is 9.10. The molecule has 0 aliphatic heterocycles. The lowest BCUT2D eigenvalue weighted by molar-refractivity contribution is 0.492. The molecule has 0 unspecified atom stereocenters. The summed E-state index contributed by atoms with van der Waals surface area (Å²) in [5.74, 6) is 1.13. The molecule has 5 heteroatoms. The average Bonchev–Trinajstić information content (AvgIpc) is 3.05. The van der Waals surface area contributed by atoms with Gasteiger partial charge in [0.1, 0.15) is 17.3 Å². The van der Waals surface area contributed by atoms with E-state index in [1.165, 1.54) is 25.0 Å². The Bertz CT molecular complexity index is 586. The molecule has 0 bridgehead atoms. The van der Waals surface area contributed by atoms with Gasteiger partial charge in [-0.25, -0.2) is 4.39 Å². The Hall–Kier alpha value is -0.840. The first kappa shape index (κ1) is 13.2. The van der Waals surface area contributed by atoms with Crippen molar-refractivity contribution in [2.75, 3.05) is 0 Å². The summed E-state index contributed by atoms with van der Waals surface area (Å²) in [6.45, 7) is 0.709. The normalized spacial score (nSPS) is 14.9. The molecule has 1 aromatic heterocycles. The molecule has 100 valence electrons. The van der Waals surface area contributed by atoms with E-state index in [0.717, 1.165) is 5.76 Å². The van der Waals surface area contributed by atoms with Crippen LogP contribution in [0.2, 0.25) is 5.02 Å². The molecule has 1 aromatic carbocycles. The number of nitrogens with one attached hydrogen (secondary N) is 1. The quantitative estimate of drug-likeness (QED) is 0.865. The number of rotatable bonds is 4. The summed E-state index contributed by atoms with van der Waals surface area (Å²) in [4.78, 5) is 0. The minimum atomic E-state index is -0.372. The molecular formula is C14H12BrClFNO. The minimum Gasteiger partial charge on any atom is -0.460 e. The molecule has 0 radical (unpaired) electrons. The SMILES string of the molecule is Fc1cc(Cl)c(-c2ccc(CNC3CC3)o2)c(Br)c1. The summed E-state index contributed by atoms with van der Waals surface area (Å²) < 4.78 is 19.5. The number of benzene rings is 1. The zero-order chi connectivity index (χ0) is 13.4. The molecule has 1 saturated carbocycles. The van der Waals surface area contributed by atoms with Crippen LogP contribution in [0.1, 0.15) is 18.6 Å². The fourth-order valence-electron chi connectivity index (χ4n) is 1.92. The van der Waals surface area contributed by atoms with Crippen LogP contribution >= 0.6 is 27.5 Å². The van der Waals surface area contributed by atoms with Crippen molar-refractivity contribution in [1.82, 2.24) is 5.32 Å². The second-order valence-electron chi connectivity index (χ2n) is 4.67. The van der Waals surface area contributed by atoms with Crippen molar-refractivity contribution in [1.29, 1.82) is 0 Å².